The van der Waals surface area contributed by atoms with Crippen LogP contribution in [0.4, 0.5) is 5.69 Å². The summed E-state index contributed by atoms with van der Waals surface area (Å²) in [7, 11) is 0. The maximum absolute atomic E-state index is 12.4. The van der Waals surface area contributed by atoms with Crippen molar-refractivity contribution in [1.82, 2.24) is 0 Å². The average molecular weight is 423 g/mol. The average Bonchev–Trinajstić information content (AvgIpc) is 2.64. The van der Waals surface area contributed by atoms with Crippen LogP contribution in [0.3, 0.4) is 0 Å². The standard InChI is InChI=1S/C20H14Cl3NOS/c21-15-5-8-17(9-6-15)26-12-13-1-3-14(4-2-13)20(25)24-19-11-16(22)7-10-18(19)23/h1-11H,12H2,(H,24,25). The van der Waals surface area contributed by atoms with E-state index >= 15 is 0 Å². The molecule has 0 heterocycles. The maximum atomic E-state index is 12.4. The summed E-state index contributed by atoms with van der Waals surface area (Å²) in [5.74, 6) is 0.579. The van der Waals surface area contributed by atoms with Crippen molar-refractivity contribution in [3.05, 3.63) is 92.9 Å². The molecule has 1 N–H and O–H groups in total. The minimum atomic E-state index is -0.230. The quantitative estimate of drug-likeness (QED) is 0.441. The van der Waals surface area contributed by atoms with E-state index in [-0.39, 0.29) is 5.91 Å². The number of amides is 1. The van der Waals surface area contributed by atoms with Crippen molar-refractivity contribution in [2.24, 2.45) is 0 Å². The molecule has 0 aliphatic rings. The lowest BCUT2D eigenvalue weighted by Gasteiger charge is -2.08. The third-order valence-corrected chi connectivity index (χ3v) is 5.51. The van der Waals surface area contributed by atoms with Crippen molar-refractivity contribution >= 4 is 58.2 Å². The van der Waals surface area contributed by atoms with Crippen molar-refractivity contribution in [2.45, 2.75) is 10.6 Å². The summed E-state index contributed by atoms with van der Waals surface area (Å²) in [5.41, 5.74) is 2.18. The van der Waals surface area contributed by atoms with Gasteiger partial charge in [0.15, 0.2) is 0 Å². The fourth-order valence-corrected chi connectivity index (χ4v) is 3.55. The molecule has 3 aromatic carbocycles. The highest BCUT2D eigenvalue weighted by atomic mass is 35.5. The Kier molecular flexibility index (Phi) is 6.49. The number of nitrogens with one attached hydrogen (secondary N) is 1. The maximum Gasteiger partial charge on any atom is 0.255 e. The number of halogens is 3. The van der Waals surface area contributed by atoms with E-state index in [0.29, 0.717) is 21.3 Å². The summed E-state index contributed by atoms with van der Waals surface area (Å²) < 4.78 is 0. The molecule has 132 valence electrons. The normalized spacial score (nSPS) is 10.6. The fourth-order valence-electron chi connectivity index (χ4n) is 2.24. The second-order valence-electron chi connectivity index (χ2n) is 5.52. The number of carbonyl (C=O) groups excluding carboxylic acids is 1. The predicted octanol–water partition coefficient (Wildman–Crippen LogP) is 7.19. The molecule has 0 atom stereocenters. The van der Waals surface area contributed by atoms with Crippen LogP contribution in [-0.4, -0.2) is 5.91 Å². The Balaban J connectivity index is 1.62. The number of hydrogen-bond donors (Lipinski definition) is 1. The SMILES string of the molecule is O=C(Nc1cc(Cl)ccc1Cl)c1ccc(CSc2ccc(Cl)cc2)cc1. The van der Waals surface area contributed by atoms with Gasteiger partial charge in [0, 0.05) is 26.3 Å². The molecular formula is C20H14Cl3NOS. The van der Waals surface area contributed by atoms with Gasteiger partial charge in [0.2, 0.25) is 0 Å². The molecule has 0 bridgehead atoms. The summed E-state index contributed by atoms with van der Waals surface area (Å²) in [6.07, 6.45) is 0. The number of anilines is 1. The molecule has 0 saturated heterocycles. The Morgan fingerprint density at radius 1 is 0.846 bits per heavy atom. The minimum Gasteiger partial charge on any atom is -0.321 e. The van der Waals surface area contributed by atoms with Crippen molar-refractivity contribution in [2.75, 3.05) is 5.32 Å². The molecular weight excluding hydrogens is 409 g/mol. The molecule has 0 unspecified atom stereocenters. The highest BCUT2D eigenvalue weighted by Gasteiger charge is 2.09. The molecule has 2 nitrogen and oxygen atoms in total. The summed E-state index contributed by atoms with van der Waals surface area (Å²) >= 11 is 19.6. The van der Waals surface area contributed by atoms with Gasteiger partial charge in [0.05, 0.1) is 10.7 Å². The number of carbonyl (C=O) groups is 1. The van der Waals surface area contributed by atoms with Gasteiger partial charge in [-0.25, -0.2) is 0 Å². The van der Waals surface area contributed by atoms with E-state index in [9.17, 15) is 4.79 Å². The summed E-state index contributed by atoms with van der Waals surface area (Å²) in [5, 5.41) is 4.46. The van der Waals surface area contributed by atoms with Crippen LogP contribution in [0, 0.1) is 0 Å². The molecule has 0 radical (unpaired) electrons. The van der Waals surface area contributed by atoms with Gasteiger partial charge in [0.25, 0.3) is 5.91 Å². The minimum absolute atomic E-state index is 0.230. The molecule has 0 saturated carbocycles. The van der Waals surface area contributed by atoms with Crippen LogP contribution in [-0.2, 0) is 5.75 Å². The molecule has 0 aromatic heterocycles. The zero-order chi connectivity index (χ0) is 18.5. The third kappa shape index (κ3) is 5.18. The van der Waals surface area contributed by atoms with Gasteiger partial charge < -0.3 is 5.32 Å². The van der Waals surface area contributed by atoms with Gasteiger partial charge in [0.1, 0.15) is 0 Å². The molecule has 1 amide bonds. The zero-order valence-electron chi connectivity index (χ0n) is 13.5. The van der Waals surface area contributed by atoms with E-state index in [1.54, 1.807) is 42.1 Å². The largest absolute Gasteiger partial charge is 0.321 e. The van der Waals surface area contributed by atoms with E-state index in [0.717, 1.165) is 21.2 Å². The Morgan fingerprint density at radius 3 is 2.19 bits per heavy atom. The topological polar surface area (TPSA) is 29.1 Å². The van der Waals surface area contributed by atoms with E-state index in [2.05, 4.69) is 5.32 Å². The first-order chi connectivity index (χ1) is 12.5. The van der Waals surface area contributed by atoms with Crippen LogP contribution in [0.1, 0.15) is 15.9 Å². The van der Waals surface area contributed by atoms with Gasteiger partial charge in [-0.2, -0.15) is 0 Å². The summed E-state index contributed by atoms with van der Waals surface area (Å²) in [4.78, 5) is 13.5. The lowest BCUT2D eigenvalue weighted by atomic mass is 10.1. The van der Waals surface area contributed by atoms with Crippen LogP contribution < -0.4 is 5.32 Å². The lowest BCUT2D eigenvalue weighted by Crippen LogP contribution is -2.12. The van der Waals surface area contributed by atoms with Gasteiger partial charge in [-0.05, 0) is 60.2 Å². The third-order valence-electron chi connectivity index (χ3n) is 3.61. The number of rotatable bonds is 5. The molecule has 0 aliphatic carbocycles. The summed E-state index contributed by atoms with van der Waals surface area (Å²) in [6, 6.07) is 20.2. The molecule has 3 rings (SSSR count). The second-order valence-corrected chi connectivity index (χ2v) is 7.85. The first-order valence-corrected chi connectivity index (χ1v) is 9.87. The smallest absolute Gasteiger partial charge is 0.255 e. The van der Waals surface area contributed by atoms with E-state index < -0.39 is 0 Å². The molecule has 0 fully saturated rings. The fraction of sp³-hybridized carbons (Fsp3) is 0.0500. The van der Waals surface area contributed by atoms with Gasteiger partial charge in [-0.3, -0.25) is 4.79 Å². The van der Waals surface area contributed by atoms with Crippen LogP contribution in [0.5, 0.6) is 0 Å². The van der Waals surface area contributed by atoms with Gasteiger partial charge in [-0.1, -0.05) is 46.9 Å². The van der Waals surface area contributed by atoms with Gasteiger partial charge in [-0.15, -0.1) is 11.8 Å². The Labute approximate surface area is 171 Å². The molecule has 3 aromatic rings. The van der Waals surface area contributed by atoms with Crippen molar-refractivity contribution in [3.8, 4) is 0 Å². The highest BCUT2D eigenvalue weighted by molar-refractivity contribution is 7.98. The Hall–Kier alpha value is -1.65. The number of hydrogen-bond acceptors (Lipinski definition) is 2. The molecule has 6 heteroatoms. The first-order valence-electron chi connectivity index (χ1n) is 7.75. The zero-order valence-corrected chi connectivity index (χ0v) is 16.6. The van der Waals surface area contributed by atoms with E-state index in [1.807, 2.05) is 36.4 Å². The highest BCUT2D eigenvalue weighted by Crippen LogP contribution is 2.27. The monoisotopic (exact) mass is 421 g/mol. The van der Waals surface area contributed by atoms with Crippen LogP contribution in [0.2, 0.25) is 15.1 Å². The van der Waals surface area contributed by atoms with Crippen LogP contribution in [0.15, 0.2) is 71.6 Å². The number of benzene rings is 3. The molecule has 0 aliphatic heterocycles. The lowest BCUT2D eigenvalue weighted by molar-refractivity contribution is 0.102. The van der Waals surface area contributed by atoms with Crippen LogP contribution in [0.25, 0.3) is 0 Å². The van der Waals surface area contributed by atoms with Crippen molar-refractivity contribution in [1.29, 1.82) is 0 Å². The Morgan fingerprint density at radius 2 is 1.50 bits per heavy atom. The molecule has 26 heavy (non-hydrogen) atoms. The van der Waals surface area contributed by atoms with Gasteiger partial charge >= 0.3 is 0 Å². The second kappa shape index (κ2) is 8.83. The van der Waals surface area contributed by atoms with Crippen LogP contribution >= 0.6 is 46.6 Å². The van der Waals surface area contributed by atoms with Crippen molar-refractivity contribution < 1.29 is 4.79 Å². The van der Waals surface area contributed by atoms with Crippen molar-refractivity contribution in [3.63, 3.8) is 0 Å². The molecule has 0 spiro atoms. The predicted molar refractivity (Wildman–Crippen MR) is 112 cm³/mol. The summed E-state index contributed by atoms with van der Waals surface area (Å²) in [6.45, 7) is 0. The Bertz CT molecular complexity index is 911. The van der Waals surface area contributed by atoms with E-state index in [1.165, 1.54) is 0 Å². The first kappa shape index (κ1) is 19.1. The van der Waals surface area contributed by atoms with E-state index in [4.69, 9.17) is 34.8 Å². The number of thioether (sulfide) groups is 1.